The lowest BCUT2D eigenvalue weighted by molar-refractivity contribution is 0.283. The molecule has 1 N–H and O–H groups in total. The highest BCUT2D eigenvalue weighted by Crippen LogP contribution is 2.34. The van der Waals surface area contributed by atoms with Gasteiger partial charge >= 0.3 is 0 Å². The lowest BCUT2D eigenvalue weighted by atomic mass is 10.1. The van der Waals surface area contributed by atoms with E-state index in [9.17, 15) is 0 Å². The molecule has 3 rings (SSSR count). The minimum absolute atomic E-state index is 0.515. The third-order valence-corrected chi connectivity index (χ3v) is 5.36. The van der Waals surface area contributed by atoms with Gasteiger partial charge in [-0.3, -0.25) is 0 Å². The van der Waals surface area contributed by atoms with Gasteiger partial charge in [-0.15, -0.1) is 0 Å². The van der Waals surface area contributed by atoms with Gasteiger partial charge in [0.2, 0.25) is 0 Å². The van der Waals surface area contributed by atoms with Crippen LogP contribution < -0.4 is 14.8 Å². The molecule has 0 atom stereocenters. The van der Waals surface area contributed by atoms with Crippen molar-refractivity contribution in [3.8, 4) is 11.5 Å². The molecule has 2 aromatic carbocycles. The third-order valence-electron chi connectivity index (χ3n) is 4.62. The van der Waals surface area contributed by atoms with E-state index in [-0.39, 0.29) is 0 Å². The number of nitrogens with one attached hydrogen (secondary N) is 1. The van der Waals surface area contributed by atoms with Crippen LogP contribution in [-0.2, 0) is 19.7 Å². The molecule has 0 unspecified atom stereocenters. The van der Waals surface area contributed by atoms with Crippen LogP contribution in [0.1, 0.15) is 23.1 Å². The molecular weight excluding hydrogens is 418 g/mol. The largest absolute Gasteiger partial charge is 0.493 e. The zero-order valence-corrected chi connectivity index (χ0v) is 17.9. The van der Waals surface area contributed by atoms with Gasteiger partial charge < -0.3 is 19.4 Å². The summed E-state index contributed by atoms with van der Waals surface area (Å²) in [6.07, 6.45) is 6.68. The summed E-state index contributed by atoms with van der Waals surface area (Å²) in [5.41, 5.74) is 3.53. The van der Waals surface area contributed by atoms with Gasteiger partial charge in [-0.2, -0.15) is 0 Å². The molecular formula is C22H26BrN3O2. The first-order valence-corrected chi connectivity index (χ1v) is 10.2. The van der Waals surface area contributed by atoms with Crippen molar-refractivity contribution in [1.29, 1.82) is 0 Å². The second-order valence-electron chi connectivity index (χ2n) is 6.64. The summed E-state index contributed by atoms with van der Waals surface area (Å²) >= 11 is 3.66. The molecule has 0 aliphatic rings. The Hall–Kier alpha value is -2.31. The fraction of sp³-hybridized carbons (Fsp3) is 0.318. The highest BCUT2D eigenvalue weighted by Gasteiger charge is 2.11. The Morgan fingerprint density at radius 2 is 2.00 bits per heavy atom. The maximum atomic E-state index is 6.03. The molecule has 5 nitrogen and oxygen atoms in total. The molecule has 0 fully saturated rings. The highest BCUT2D eigenvalue weighted by atomic mass is 79.9. The normalized spacial score (nSPS) is 10.8. The van der Waals surface area contributed by atoms with Crippen molar-refractivity contribution in [2.45, 2.75) is 33.0 Å². The number of methoxy groups -OCH3 is 1. The van der Waals surface area contributed by atoms with Gasteiger partial charge in [-0.1, -0.05) is 40.2 Å². The molecule has 3 aromatic rings. The Labute approximate surface area is 174 Å². The second kappa shape index (κ2) is 10.3. The van der Waals surface area contributed by atoms with Gasteiger partial charge in [0, 0.05) is 30.0 Å². The monoisotopic (exact) mass is 443 g/mol. The third kappa shape index (κ3) is 5.59. The second-order valence-corrected chi connectivity index (χ2v) is 7.49. The van der Waals surface area contributed by atoms with Gasteiger partial charge in [-0.25, -0.2) is 4.98 Å². The zero-order valence-electron chi connectivity index (χ0n) is 16.3. The van der Waals surface area contributed by atoms with Crippen molar-refractivity contribution >= 4 is 15.9 Å². The number of benzene rings is 2. The molecule has 0 aliphatic carbocycles. The number of ether oxygens (including phenoxy) is 2. The first-order valence-electron chi connectivity index (χ1n) is 9.37. The summed E-state index contributed by atoms with van der Waals surface area (Å²) in [6.45, 7) is 5.26. The van der Waals surface area contributed by atoms with E-state index in [1.165, 1.54) is 11.1 Å². The number of hydrogen-bond donors (Lipinski definition) is 1. The lowest BCUT2D eigenvalue weighted by Gasteiger charge is -2.15. The van der Waals surface area contributed by atoms with Gasteiger partial charge in [0.1, 0.15) is 6.61 Å². The van der Waals surface area contributed by atoms with Gasteiger partial charge in [0.05, 0.1) is 13.4 Å². The van der Waals surface area contributed by atoms with E-state index in [0.29, 0.717) is 6.61 Å². The summed E-state index contributed by atoms with van der Waals surface area (Å²) in [5, 5.41) is 3.48. The molecule has 0 saturated heterocycles. The molecule has 28 heavy (non-hydrogen) atoms. The van der Waals surface area contributed by atoms with Crippen molar-refractivity contribution in [1.82, 2.24) is 14.9 Å². The Morgan fingerprint density at radius 3 is 2.75 bits per heavy atom. The van der Waals surface area contributed by atoms with E-state index >= 15 is 0 Å². The van der Waals surface area contributed by atoms with Crippen LogP contribution in [0.15, 0.2) is 59.6 Å². The van der Waals surface area contributed by atoms with E-state index in [1.54, 1.807) is 13.3 Å². The van der Waals surface area contributed by atoms with Crippen molar-refractivity contribution in [3.63, 3.8) is 0 Å². The minimum Gasteiger partial charge on any atom is -0.493 e. The van der Waals surface area contributed by atoms with Crippen molar-refractivity contribution in [2.75, 3.05) is 13.7 Å². The molecule has 1 heterocycles. The van der Waals surface area contributed by atoms with Gasteiger partial charge in [-0.05, 0) is 48.7 Å². The predicted molar refractivity (Wildman–Crippen MR) is 115 cm³/mol. The maximum absolute atomic E-state index is 6.03. The standard InChI is InChI=1S/C22H26BrN3O2/c1-17-6-3-4-7-18(17)15-28-22-13-20(23)19(12-21(22)27-2)14-24-8-5-10-26-11-9-25-16-26/h3-4,6-7,9,11-13,16,24H,5,8,10,14-15H2,1-2H3. The van der Waals surface area contributed by atoms with Crippen molar-refractivity contribution in [2.24, 2.45) is 0 Å². The zero-order chi connectivity index (χ0) is 19.8. The average molecular weight is 444 g/mol. The molecule has 0 bridgehead atoms. The molecule has 0 radical (unpaired) electrons. The molecule has 148 valence electrons. The van der Waals surface area contributed by atoms with E-state index in [0.717, 1.165) is 47.6 Å². The summed E-state index contributed by atoms with van der Waals surface area (Å²) < 4.78 is 14.7. The van der Waals surface area contributed by atoms with Crippen LogP contribution in [0.25, 0.3) is 0 Å². The fourth-order valence-corrected chi connectivity index (χ4v) is 3.40. The number of nitrogens with zero attached hydrogens (tertiary/aromatic N) is 2. The number of aromatic nitrogens is 2. The maximum Gasteiger partial charge on any atom is 0.162 e. The van der Waals surface area contributed by atoms with Crippen LogP contribution in [-0.4, -0.2) is 23.2 Å². The molecule has 0 amide bonds. The minimum atomic E-state index is 0.515. The Kier molecular flexibility index (Phi) is 7.51. The smallest absolute Gasteiger partial charge is 0.162 e. The van der Waals surface area contributed by atoms with Crippen LogP contribution in [0, 0.1) is 6.92 Å². The van der Waals surface area contributed by atoms with Crippen LogP contribution in [0.3, 0.4) is 0 Å². The Bertz CT molecular complexity index is 881. The predicted octanol–water partition coefficient (Wildman–Crippen LogP) is 4.72. The SMILES string of the molecule is COc1cc(CNCCCn2ccnc2)c(Br)cc1OCc1ccccc1C. The molecule has 0 aliphatic heterocycles. The van der Waals surface area contributed by atoms with Crippen LogP contribution in [0.2, 0.25) is 0 Å². The number of aryl methyl sites for hydroxylation is 2. The quantitative estimate of drug-likeness (QED) is 0.460. The van der Waals surface area contributed by atoms with E-state index < -0.39 is 0 Å². The van der Waals surface area contributed by atoms with E-state index in [1.807, 2.05) is 36.8 Å². The van der Waals surface area contributed by atoms with Crippen molar-refractivity contribution < 1.29 is 9.47 Å². The molecule has 1 aromatic heterocycles. The van der Waals surface area contributed by atoms with Crippen LogP contribution in [0.4, 0.5) is 0 Å². The summed E-state index contributed by atoms with van der Waals surface area (Å²) in [4.78, 5) is 4.06. The summed E-state index contributed by atoms with van der Waals surface area (Å²) in [6, 6.07) is 12.2. The highest BCUT2D eigenvalue weighted by molar-refractivity contribution is 9.10. The first-order chi connectivity index (χ1) is 13.7. The summed E-state index contributed by atoms with van der Waals surface area (Å²) in [5.74, 6) is 1.48. The van der Waals surface area contributed by atoms with Crippen LogP contribution in [0.5, 0.6) is 11.5 Å². The average Bonchev–Trinajstić information content (AvgIpc) is 3.22. The first kappa shape index (κ1) is 20.4. The van der Waals surface area contributed by atoms with Gasteiger partial charge in [0.25, 0.3) is 0 Å². The molecule has 0 saturated carbocycles. The number of hydrogen-bond acceptors (Lipinski definition) is 4. The van der Waals surface area contributed by atoms with Crippen molar-refractivity contribution in [3.05, 3.63) is 76.3 Å². The molecule has 6 heteroatoms. The lowest BCUT2D eigenvalue weighted by Crippen LogP contribution is -2.16. The number of halogens is 1. The number of rotatable bonds is 10. The Morgan fingerprint density at radius 1 is 1.14 bits per heavy atom. The van der Waals surface area contributed by atoms with E-state index in [4.69, 9.17) is 9.47 Å². The van der Waals surface area contributed by atoms with Crippen LogP contribution >= 0.6 is 15.9 Å². The van der Waals surface area contributed by atoms with Gasteiger partial charge in [0.15, 0.2) is 11.5 Å². The molecule has 0 spiro atoms. The topological polar surface area (TPSA) is 48.3 Å². The summed E-state index contributed by atoms with van der Waals surface area (Å²) in [7, 11) is 1.67. The fourth-order valence-electron chi connectivity index (χ4n) is 2.94. The number of imidazole rings is 1. The van der Waals surface area contributed by atoms with E-state index in [2.05, 4.69) is 49.9 Å². The Balaban J connectivity index is 1.55.